The average molecular weight is 389 g/mol. The highest BCUT2D eigenvalue weighted by Crippen LogP contribution is 2.30. The third-order valence-electron chi connectivity index (χ3n) is 5.17. The molecule has 3 rings (SSSR count). The van der Waals surface area contributed by atoms with Gasteiger partial charge in [0.05, 0.1) is 10.7 Å². The zero-order chi connectivity index (χ0) is 19.4. The highest BCUT2D eigenvalue weighted by atomic mass is 35.5. The van der Waals surface area contributed by atoms with Crippen molar-refractivity contribution in [2.24, 2.45) is 11.8 Å². The second-order valence-electron chi connectivity index (χ2n) is 7.31. The fourth-order valence-corrected chi connectivity index (χ4v) is 4.06. The molecule has 2 N–H and O–H groups in total. The molecule has 2 unspecified atom stereocenters. The van der Waals surface area contributed by atoms with Gasteiger partial charge in [0.25, 0.3) is 0 Å². The molecule has 0 radical (unpaired) electrons. The third-order valence-corrected chi connectivity index (χ3v) is 5.47. The molecule has 1 aliphatic rings. The first-order chi connectivity index (χ1) is 13.0. The van der Waals surface area contributed by atoms with Crippen LogP contribution in [0.5, 0.6) is 0 Å². The standard InChI is InChI=1S/C20H25ClN4O2/c1-13(2)14-7-3-4-9-16(14)23-19(26)20(27)24-17-10-5-8-15(21)18(17)25-12-6-11-22-25/h5-6,8,10-14,16H,3-4,7,9H2,1-2H3,(H,23,26)(H,24,27). The number of aromatic nitrogens is 2. The van der Waals surface area contributed by atoms with Crippen molar-refractivity contribution >= 4 is 29.1 Å². The number of hydrogen-bond donors (Lipinski definition) is 2. The number of nitrogens with zero attached hydrogens (tertiary/aromatic N) is 2. The van der Waals surface area contributed by atoms with Gasteiger partial charge in [0.15, 0.2) is 0 Å². The first kappa shape index (κ1) is 19.4. The van der Waals surface area contributed by atoms with E-state index in [-0.39, 0.29) is 6.04 Å². The smallest absolute Gasteiger partial charge is 0.313 e. The minimum absolute atomic E-state index is 0.0435. The minimum atomic E-state index is -0.696. The molecule has 1 aliphatic carbocycles. The van der Waals surface area contributed by atoms with Crippen molar-refractivity contribution in [1.82, 2.24) is 15.1 Å². The Morgan fingerprint density at radius 1 is 1.19 bits per heavy atom. The van der Waals surface area contributed by atoms with E-state index in [2.05, 4.69) is 29.6 Å². The predicted octanol–water partition coefficient (Wildman–Crippen LogP) is 3.80. The van der Waals surface area contributed by atoms with Gasteiger partial charge in [-0.25, -0.2) is 4.68 Å². The average Bonchev–Trinajstić information content (AvgIpc) is 3.16. The number of amides is 2. The summed E-state index contributed by atoms with van der Waals surface area (Å²) in [7, 11) is 0. The first-order valence-electron chi connectivity index (χ1n) is 9.37. The van der Waals surface area contributed by atoms with Gasteiger partial charge in [0.2, 0.25) is 0 Å². The van der Waals surface area contributed by atoms with Gasteiger partial charge in [-0.3, -0.25) is 9.59 Å². The highest BCUT2D eigenvalue weighted by molar-refractivity contribution is 6.40. The van der Waals surface area contributed by atoms with Crippen molar-refractivity contribution in [3.05, 3.63) is 41.7 Å². The summed E-state index contributed by atoms with van der Waals surface area (Å²) in [6.45, 7) is 4.33. The Hall–Kier alpha value is -2.34. The number of hydrogen-bond acceptors (Lipinski definition) is 3. The molecule has 1 aromatic heterocycles. The van der Waals surface area contributed by atoms with Crippen LogP contribution in [0, 0.1) is 11.8 Å². The molecule has 27 heavy (non-hydrogen) atoms. The molecule has 0 saturated heterocycles. The summed E-state index contributed by atoms with van der Waals surface area (Å²) in [5.41, 5.74) is 0.971. The Morgan fingerprint density at radius 2 is 1.96 bits per heavy atom. The fraction of sp³-hybridized carbons (Fsp3) is 0.450. The van der Waals surface area contributed by atoms with Crippen LogP contribution >= 0.6 is 11.6 Å². The van der Waals surface area contributed by atoms with Crippen LogP contribution in [-0.2, 0) is 9.59 Å². The number of halogens is 1. The summed E-state index contributed by atoms with van der Waals surface area (Å²) in [4.78, 5) is 25.0. The molecule has 7 heteroatoms. The fourth-order valence-electron chi connectivity index (χ4n) is 3.80. The summed E-state index contributed by atoms with van der Waals surface area (Å²) in [5, 5.41) is 10.2. The van der Waals surface area contributed by atoms with Gasteiger partial charge in [-0.1, -0.05) is 44.4 Å². The van der Waals surface area contributed by atoms with Gasteiger partial charge in [0, 0.05) is 18.4 Å². The zero-order valence-corrected chi connectivity index (χ0v) is 16.4. The number of rotatable bonds is 4. The molecule has 1 fully saturated rings. The van der Waals surface area contributed by atoms with E-state index in [1.807, 2.05) is 0 Å². The summed E-state index contributed by atoms with van der Waals surface area (Å²) in [6, 6.07) is 6.94. The van der Waals surface area contributed by atoms with Crippen LogP contribution in [0.4, 0.5) is 5.69 Å². The molecule has 0 aliphatic heterocycles. The summed E-state index contributed by atoms with van der Waals surface area (Å²) >= 11 is 6.28. The molecule has 2 amide bonds. The quantitative estimate of drug-likeness (QED) is 0.782. The second-order valence-corrected chi connectivity index (χ2v) is 7.72. The van der Waals surface area contributed by atoms with Gasteiger partial charge in [-0.15, -0.1) is 0 Å². The van der Waals surface area contributed by atoms with Crippen molar-refractivity contribution in [1.29, 1.82) is 0 Å². The second kappa shape index (κ2) is 8.57. The molecule has 1 heterocycles. The van der Waals surface area contributed by atoms with E-state index in [4.69, 9.17) is 11.6 Å². The van der Waals surface area contributed by atoms with E-state index in [1.165, 1.54) is 6.42 Å². The first-order valence-corrected chi connectivity index (χ1v) is 9.75. The molecule has 1 saturated carbocycles. The SMILES string of the molecule is CC(C)C1CCCCC1NC(=O)C(=O)Nc1cccc(Cl)c1-n1cccn1. The normalized spacial score (nSPS) is 19.7. The lowest BCUT2D eigenvalue weighted by atomic mass is 9.78. The van der Waals surface area contributed by atoms with Gasteiger partial charge >= 0.3 is 11.8 Å². The van der Waals surface area contributed by atoms with Crippen LogP contribution in [0.25, 0.3) is 5.69 Å². The lowest BCUT2D eigenvalue weighted by Crippen LogP contribution is -2.47. The van der Waals surface area contributed by atoms with E-state index in [0.717, 1.165) is 19.3 Å². The van der Waals surface area contributed by atoms with Crippen molar-refractivity contribution in [3.63, 3.8) is 0 Å². The summed E-state index contributed by atoms with van der Waals surface area (Å²) in [5.74, 6) is -0.433. The van der Waals surface area contributed by atoms with Gasteiger partial charge in [-0.05, 0) is 42.9 Å². The Kier molecular flexibility index (Phi) is 6.16. The largest absolute Gasteiger partial charge is 0.345 e. The lowest BCUT2D eigenvalue weighted by Gasteiger charge is -2.34. The zero-order valence-electron chi connectivity index (χ0n) is 15.6. The van der Waals surface area contributed by atoms with E-state index in [1.54, 1.807) is 41.3 Å². The molecule has 1 aromatic carbocycles. The van der Waals surface area contributed by atoms with Crippen LogP contribution in [0.1, 0.15) is 39.5 Å². The van der Waals surface area contributed by atoms with E-state index < -0.39 is 11.8 Å². The van der Waals surface area contributed by atoms with Gasteiger partial charge in [0.1, 0.15) is 5.69 Å². The van der Waals surface area contributed by atoms with Crippen molar-refractivity contribution in [2.45, 2.75) is 45.6 Å². The Morgan fingerprint density at radius 3 is 2.67 bits per heavy atom. The van der Waals surface area contributed by atoms with Crippen LogP contribution in [0.15, 0.2) is 36.7 Å². The number of anilines is 1. The molecule has 144 valence electrons. The Balaban J connectivity index is 1.72. The predicted molar refractivity (Wildman–Crippen MR) is 106 cm³/mol. The highest BCUT2D eigenvalue weighted by Gasteiger charge is 2.30. The van der Waals surface area contributed by atoms with Crippen LogP contribution < -0.4 is 10.6 Å². The number of carbonyl (C=O) groups excluding carboxylic acids is 2. The number of benzene rings is 1. The van der Waals surface area contributed by atoms with Crippen molar-refractivity contribution in [2.75, 3.05) is 5.32 Å². The molecule has 6 nitrogen and oxygen atoms in total. The molecule has 2 atom stereocenters. The van der Waals surface area contributed by atoms with Crippen molar-refractivity contribution in [3.8, 4) is 5.69 Å². The van der Waals surface area contributed by atoms with Crippen molar-refractivity contribution < 1.29 is 9.59 Å². The number of carbonyl (C=O) groups is 2. The van der Waals surface area contributed by atoms with E-state index in [0.29, 0.717) is 28.2 Å². The lowest BCUT2D eigenvalue weighted by molar-refractivity contribution is -0.137. The van der Waals surface area contributed by atoms with Crippen LogP contribution in [0.3, 0.4) is 0 Å². The molecular weight excluding hydrogens is 364 g/mol. The maximum Gasteiger partial charge on any atom is 0.313 e. The molecule has 0 spiro atoms. The topological polar surface area (TPSA) is 76.0 Å². The van der Waals surface area contributed by atoms with Gasteiger partial charge in [-0.2, -0.15) is 5.10 Å². The molecule has 2 aromatic rings. The number of para-hydroxylation sites is 1. The Bertz CT molecular complexity index is 804. The number of nitrogens with one attached hydrogen (secondary N) is 2. The summed E-state index contributed by atoms with van der Waals surface area (Å²) in [6.07, 6.45) is 7.60. The monoisotopic (exact) mass is 388 g/mol. The van der Waals surface area contributed by atoms with E-state index >= 15 is 0 Å². The molecular formula is C20H25ClN4O2. The van der Waals surface area contributed by atoms with Crippen LogP contribution in [-0.4, -0.2) is 27.6 Å². The van der Waals surface area contributed by atoms with Gasteiger partial charge < -0.3 is 10.6 Å². The van der Waals surface area contributed by atoms with Crippen LogP contribution in [0.2, 0.25) is 5.02 Å². The maximum absolute atomic E-state index is 12.5. The van der Waals surface area contributed by atoms with E-state index in [9.17, 15) is 9.59 Å². The maximum atomic E-state index is 12.5. The Labute approximate surface area is 164 Å². The minimum Gasteiger partial charge on any atom is -0.345 e. The summed E-state index contributed by atoms with van der Waals surface area (Å²) < 4.78 is 1.56. The molecule has 0 bridgehead atoms. The third kappa shape index (κ3) is 4.50.